The number of carbonyl (C=O) groups is 2. The molecule has 3 N–H and O–H groups in total. The average molecular weight is 356 g/mol. The summed E-state index contributed by atoms with van der Waals surface area (Å²) in [5.74, 6) is -2.43. The molecule has 0 bridgehead atoms. The molecule has 0 radical (unpaired) electrons. The van der Waals surface area contributed by atoms with E-state index >= 15 is 0 Å². The molecule has 0 heterocycles. The first-order chi connectivity index (χ1) is 12.5. The van der Waals surface area contributed by atoms with Gasteiger partial charge in [-0.2, -0.15) is 5.10 Å². The Hall–Kier alpha value is -3.35. The molecule has 2 aromatic rings. The van der Waals surface area contributed by atoms with Crippen LogP contribution in [0.3, 0.4) is 0 Å². The number of nitrogens with zero attached hydrogens (tertiary/aromatic N) is 1. The molecule has 2 rings (SSSR count). The topological polar surface area (TPSA) is 108 Å². The van der Waals surface area contributed by atoms with Gasteiger partial charge in [-0.15, -0.1) is 0 Å². The van der Waals surface area contributed by atoms with Crippen LogP contribution < -0.4 is 5.43 Å². The molecule has 0 fully saturated rings. The van der Waals surface area contributed by atoms with Gasteiger partial charge in [-0.3, -0.25) is 9.59 Å². The highest BCUT2D eigenvalue weighted by molar-refractivity contribution is 6.16. The lowest BCUT2D eigenvalue weighted by Gasteiger charge is -2.13. The van der Waals surface area contributed by atoms with Crippen molar-refractivity contribution in [2.75, 3.05) is 7.11 Å². The molecule has 0 aliphatic heterocycles. The summed E-state index contributed by atoms with van der Waals surface area (Å²) in [4.78, 5) is 23.9. The molecule has 1 amide bonds. The minimum atomic E-state index is -1.00. The van der Waals surface area contributed by atoms with Crippen molar-refractivity contribution in [3.63, 3.8) is 0 Å². The van der Waals surface area contributed by atoms with Gasteiger partial charge in [0.2, 0.25) is 0 Å². The largest absolute Gasteiger partial charge is 0.507 e. The number of ether oxygens (including phenoxy) is 1. The molecule has 2 aromatic carbocycles. The average Bonchev–Trinajstić information content (AvgIpc) is 2.64. The Morgan fingerprint density at radius 1 is 1.04 bits per heavy atom. The third-order valence-corrected chi connectivity index (χ3v) is 3.81. The van der Waals surface area contributed by atoms with Crippen LogP contribution in [0.2, 0.25) is 0 Å². The summed E-state index contributed by atoms with van der Waals surface area (Å²) in [5.41, 5.74) is 3.13. The number of esters is 1. The predicted molar refractivity (Wildman–Crippen MR) is 95.8 cm³/mol. The van der Waals surface area contributed by atoms with Gasteiger partial charge in [0.05, 0.1) is 7.11 Å². The fourth-order valence-corrected chi connectivity index (χ4v) is 2.40. The number of para-hydroxylation sites is 2. The molecule has 7 heteroatoms. The maximum Gasteiger partial charge on any atom is 0.318 e. The quantitative estimate of drug-likeness (QED) is 0.318. The summed E-state index contributed by atoms with van der Waals surface area (Å²) in [6, 6.07) is 12.8. The Bertz CT molecular complexity index is 785. The summed E-state index contributed by atoms with van der Waals surface area (Å²) in [5, 5.41) is 24.3. The third kappa shape index (κ3) is 4.18. The zero-order valence-electron chi connectivity index (χ0n) is 14.5. The van der Waals surface area contributed by atoms with Crippen LogP contribution in [0.4, 0.5) is 0 Å². The number of phenols is 2. The van der Waals surface area contributed by atoms with Gasteiger partial charge < -0.3 is 14.9 Å². The molecule has 0 spiro atoms. The fraction of sp³-hybridized carbons (Fsp3) is 0.211. The Morgan fingerprint density at radius 2 is 1.54 bits per heavy atom. The lowest BCUT2D eigenvalue weighted by Crippen LogP contribution is -2.33. The normalized spacial score (nSPS) is 11.3. The van der Waals surface area contributed by atoms with Crippen LogP contribution in [0.25, 0.3) is 0 Å². The number of rotatable bonds is 6. The van der Waals surface area contributed by atoms with E-state index in [4.69, 9.17) is 0 Å². The van der Waals surface area contributed by atoms with Gasteiger partial charge in [0.15, 0.2) is 0 Å². The number of benzene rings is 2. The molecule has 26 heavy (non-hydrogen) atoms. The van der Waals surface area contributed by atoms with Crippen LogP contribution in [0.5, 0.6) is 11.5 Å². The first-order valence-electron chi connectivity index (χ1n) is 8.01. The van der Waals surface area contributed by atoms with Crippen molar-refractivity contribution >= 4 is 17.6 Å². The summed E-state index contributed by atoms with van der Waals surface area (Å²) in [6.07, 6.45) is 0.247. The first kappa shape index (κ1) is 19.0. The molecule has 0 saturated carbocycles. The molecular weight excluding hydrogens is 336 g/mol. The minimum absolute atomic E-state index is 0.0660. The van der Waals surface area contributed by atoms with Crippen molar-refractivity contribution in [2.24, 2.45) is 11.0 Å². The van der Waals surface area contributed by atoms with E-state index < -0.39 is 17.8 Å². The van der Waals surface area contributed by atoms with Crippen molar-refractivity contribution in [1.82, 2.24) is 5.43 Å². The van der Waals surface area contributed by atoms with Gasteiger partial charge in [0.25, 0.3) is 5.91 Å². The molecule has 7 nitrogen and oxygen atoms in total. The Labute approximate surface area is 150 Å². The maximum atomic E-state index is 12.3. The first-order valence-corrected chi connectivity index (χ1v) is 8.01. The van der Waals surface area contributed by atoms with Crippen molar-refractivity contribution in [3.05, 3.63) is 59.7 Å². The van der Waals surface area contributed by atoms with E-state index in [9.17, 15) is 19.8 Å². The summed E-state index contributed by atoms with van der Waals surface area (Å²) >= 11 is 0. The van der Waals surface area contributed by atoms with E-state index in [-0.39, 0.29) is 23.6 Å². The second kappa shape index (κ2) is 8.66. The van der Waals surface area contributed by atoms with Crippen LogP contribution in [0, 0.1) is 5.92 Å². The van der Waals surface area contributed by atoms with Gasteiger partial charge >= 0.3 is 5.97 Å². The molecule has 1 unspecified atom stereocenters. The number of hydrogen-bond acceptors (Lipinski definition) is 6. The highest BCUT2D eigenvalue weighted by Crippen LogP contribution is 2.25. The number of phenolic OH excluding ortho intramolecular Hbond substituents is 2. The van der Waals surface area contributed by atoms with Crippen LogP contribution in [-0.2, 0) is 14.3 Å². The van der Waals surface area contributed by atoms with Gasteiger partial charge in [-0.1, -0.05) is 31.2 Å². The molecule has 1 atom stereocenters. The van der Waals surface area contributed by atoms with Crippen molar-refractivity contribution in [3.8, 4) is 11.5 Å². The van der Waals surface area contributed by atoms with Crippen molar-refractivity contribution in [2.45, 2.75) is 13.3 Å². The van der Waals surface area contributed by atoms with Crippen LogP contribution in [0.15, 0.2) is 53.6 Å². The van der Waals surface area contributed by atoms with E-state index in [1.807, 2.05) is 0 Å². The zero-order valence-corrected chi connectivity index (χ0v) is 14.5. The Kier molecular flexibility index (Phi) is 6.32. The summed E-state index contributed by atoms with van der Waals surface area (Å²) in [7, 11) is 1.21. The molecule has 0 aliphatic carbocycles. The molecule has 0 saturated heterocycles. The van der Waals surface area contributed by atoms with E-state index in [1.165, 1.54) is 19.2 Å². The van der Waals surface area contributed by atoms with Crippen molar-refractivity contribution < 1.29 is 24.5 Å². The van der Waals surface area contributed by atoms with E-state index in [2.05, 4.69) is 15.3 Å². The standard InChI is InChI=1S/C19H20N2O5/c1-3-12(19(25)26-2)18(24)21-20-17(13-8-4-6-10-15(13)22)14-9-5-7-11-16(14)23/h4-12,22-23H,3H2,1-2H3,(H,21,24). The number of methoxy groups -OCH3 is 1. The van der Waals surface area contributed by atoms with Gasteiger partial charge in [-0.05, 0) is 30.7 Å². The molecule has 0 aromatic heterocycles. The van der Waals surface area contributed by atoms with Gasteiger partial charge in [-0.25, -0.2) is 5.43 Å². The van der Waals surface area contributed by atoms with E-state index in [0.29, 0.717) is 11.1 Å². The smallest absolute Gasteiger partial charge is 0.318 e. The maximum absolute atomic E-state index is 12.3. The van der Waals surface area contributed by atoms with E-state index in [0.717, 1.165) is 0 Å². The molecule has 136 valence electrons. The third-order valence-electron chi connectivity index (χ3n) is 3.81. The zero-order chi connectivity index (χ0) is 19.1. The predicted octanol–water partition coefficient (Wildman–Crippen LogP) is 2.17. The van der Waals surface area contributed by atoms with Gasteiger partial charge in [0.1, 0.15) is 23.1 Å². The second-order valence-corrected chi connectivity index (χ2v) is 5.45. The Morgan fingerprint density at radius 3 is 1.96 bits per heavy atom. The highest BCUT2D eigenvalue weighted by atomic mass is 16.5. The number of hydrazone groups is 1. The van der Waals surface area contributed by atoms with Gasteiger partial charge in [0, 0.05) is 11.1 Å². The number of carbonyl (C=O) groups excluding carboxylic acids is 2. The fourth-order valence-electron chi connectivity index (χ4n) is 2.40. The monoisotopic (exact) mass is 356 g/mol. The highest BCUT2D eigenvalue weighted by Gasteiger charge is 2.26. The summed E-state index contributed by atoms with van der Waals surface area (Å²) in [6.45, 7) is 1.68. The Balaban J connectivity index is 2.44. The number of nitrogens with one attached hydrogen (secondary N) is 1. The minimum Gasteiger partial charge on any atom is -0.507 e. The molecule has 0 aliphatic rings. The number of aromatic hydroxyl groups is 2. The van der Waals surface area contributed by atoms with Crippen LogP contribution >= 0.6 is 0 Å². The number of amides is 1. The summed E-state index contributed by atoms with van der Waals surface area (Å²) < 4.78 is 4.61. The van der Waals surface area contributed by atoms with Crippen molar-refractivity contribution in [1.29, 1.82) is 0 Å². The van der Waals surface area contributed by atoms with Crippen LogP contribution in [0.1, 0.15) is 24.5 Å². The SMILES string of the molecule is CCC(C(=O)NN=C(c1ccccc1O)c1ccccc1O)C(=O)OC. The second-order valence-electron chi connectivity index (χ2n) is 5.45. The lowest BCUT2D eigenvalue weighted by molar-refractivity contribution is -0.150. The number of hydrogen-bond donors (Lipinski definition) is 3. The van der Waals surface area contributed by atoms with Crippen LogP contribution in [-0.4, -0.2) is 34.9 Å². The molecular formula is C19H20N2O5. The van der Waals surface area contributed by atoms with E-state index in [1.54, 1.807) is 43.3 Å². The lowest BCUT2D eigenvalue weighted by atomic mass is 10.0.